The normalized spacial score (nSPS) is 12.3. The third-order valence-electron chi connectivity index (χ3n) is 3.09. The number of ether oxygens (including phenoxy) is 2. The van der Waals surface area contributed by atoms with Crippen LogP contribution in [0.3, 0.4) is 0 Å². The second-order valence-electron chi connectivity index (χ2n) is 4.44. The maximum absolute atomic E-state index is 6.33. The van der Waals surface area contributed by atoms with Crippen LogP contribution in [0.1, 0.15) is 17.2 Å². The lowest BCUT2D eigenvalue weighted by Gasteiger charge is -2.22. The summed E-state index contributed by atoms with van der Waals surface area (Å²) in [7, 11) is 1.52. The molecule has 8 heteroatoms. The van der Waals surface area contributed by atoms with Gasteiger partial charge in [0.25, 0.3) is 0 Å². The average Bonchev–Trinajstić information content (AvgIpc) is 2.45. The lowest BCUT2D eigenvalue weighted by atomic mass is 10.0. The molecule has 0 heterocycles. The number of benzene rings is 2. The average molecular weight is 435 g/mol. The van der Waals surface area contributed by atoms with E-state index in [0.29, 0.717) is 42.0 Å². The fourth-order valence-corrected chi connectivity index (χ4v) is 3.91. The van der Waals surface area contributed by atoms with Gasteiger partial charge in [-0.3, -0.25) is 0 Å². The van der Waals surface area contributed by atoms with E-state index in [1.807, 2.05) is 0 Å². The van der Waals surface area contributed by atoms with Crippen molar-refractivity contribution in [3.8, 4) is 5.75 Å². The van der Waals surface area contributed by atoms with E-state index in [1.165, 1.54) is 7.11 Å². The number of hydrogen-bond acceptors (Lipinski definition) is 2. The molecule has 1 atom stereocenters. The molecule has 2 rings (SSSR count). The van der Waals surface area contributed by atoms with Crippen molar-refractivity contribution in [2.45, 2.75) is 6.10 Å². The highest BCUT2D eigenvalue weighted by Crippen LogP contribution is 2.44. The molecule has 0 aliphatic rings. The number of methoxy groups -OCH3 is 1. The lowest BCUT2D eigenvalue weighted by molar-refractivity contribution is 0.119. The minimum absolute atomic E-state index is 0.112. The van der Waals surface area contributed by atoms with Crippen molar-refractivity contribution in [3.63, 3.8) is 0 Å². The Kier molecular flexibility index (Phi) is 7.00. The predicted molar refractivity (Wildman–Crippen MR) is 98.1 cm³/mol. The molecule has 0 bridgehead atoms. The molecular formula is C15H10Cl6O2. The van der Waals surface area contributed by atoms with Gasteiger partial charge in [0.2, 0.25) is 0 Å². The van der Waals surface area contributed by atoms with Gasteiger partial charge in [-0.25, -0.2) is 0 Å². The van der Waals surface area contributed by atoms with E-state index in [1.54, 1.807) is 24.3 Å². The van der Waals surface area contributed by atoms with Gasteiger partial charge < -0.3 is 9.47 Å². The summed E-state index contributed by atoms with van der Waals surface area (Å²) >= 11 is 36.9. The van der Waals surface area contributed by atoms with Crippen LogP contribution in [0.15, 0.2) is 24.3 Å². The third kappa shape index (κ3) is 4.32. The van der Waals surface area contributed by atoms with E-state index in [9.17, 15) is 0 Å². The van der Waals surface area contributed by atoms with Crippen LogP contribution in [0, 0.1) is 0 Å². The van der Waals surface area contributed by atoms with Crippen molar-refractivity contribution in [1.82, 2.24) is 0 Å². The van der Waals surface area contributed by atoms with Crippen LogP contribution in [0.5, 0.6) is 5.75 Å². The second kappa shape index (κ2) is 8.35. The van der Waals surface area contributed by atoms with E-state index < -0.39 is 6.10 Å². The Balaban J connectivity index is 2.65. The SMILES string of the molecule is COc1cc(Cl)c([C@H](OCCl)c2c(Cl)cc(Cl)cc2Cl)c(Cl)c1. The first kappa shape index (κ1) is 19.3. The molecule has 2 aromatic rings. The smallest absolute Gasteiger partial charge is 0.122 e. The van der Waals surface area contributed by atoms with Crippen LogP contribution >= 0.6 is 69.6 Å². The number of halogens is 6. The van der Waals surface area contributed by atoms with Crippen molar-refractivity contribution in [2.75, 3.05) is 13.2 Å². The first-order valence-corrected chi connectivity index (χ1v) is 8.66. The first-order chi connectivity index (χ1) is 10.9. The minimum Gasteiger partial charge on any atom is -0.497 e. The van der Waals surface area contributed by atoms with Gasteiger partial charge in [0.05, 0.1) is 17.2 Å². The van der Waals surface area contributed by atoms with E-state index in [2.05, 4.69) is 0 Å². The lowest BCUT2D eigenvalue weighted by Crippen LogP contribution is -2.09. The van der Waals surface area contributed by atoms with Crippen molar-refractivity contribution in [1.29, 1.82) is 0 Å². The molecule has 124 valence electrons. The maximum Gasteiger partial charge on any atom is 0.122 e. The monoisotopic (exact) mass is 432 g/mol. The van der Waals surface area contributed by atoms with Gasteiger partial charge >= 0.3 is 0 Å². The van der Waals surface area contributed by atoms with Gasteiger partial charge in [0.15, 0.2) is 0 Å². The van der Waals surface area contributed by atoms with Gasteiger partial charge in [-0.15, -0.1) is 0 Å². The highest BCUT2D eigenvalue weighted by Gasteiger charge is 2.26. The van der Waals surface area contributed by atoms with Crippen molar-refractivity contribution in [2.24, 2.45) is 0 Å². The summed E-state index contributed by atoms with van der Waals surface area (Å²) in [5.74, 6) is 0.515. The maximum atomic E-state index is 6.33. The Morgan fingerprint density at radius 2 is 1.26 bits per heavy atom. The van der Waals surface area contributed by atoms with Crippen molar-refractivity contribution in [3.05, 3.63) is 60.5 Å². The van der Waals surface area contributed by atoms with E-state index in [-0.39, 0.29) is 6.07 Å². The molecule has 0 radical (unpaired) electrons. The Morgan fingerprint density at radius 1 is 0.826 bits per heavy atom. The summed E-state index contributed by atoms with van der Waals surface area (Å²) in [4.78, 5) is 0. The van der Waals surface area contributed by atoms with Gasteiger partial charge in [0.1, 0.15) is 17.9 Å². The van der Waals surface area contributed by atoms with Crippen molar-refractivity contribution < 1.29 is 9.47 Å². The molecule has 0 saturated heterocycles. The summed E-state index contributed by atoms with van der Waals surface area (Å²) in [6.45, 7) is 0. The van der Waals surface area contributed by atoms with Gasteiger partial charge in [-0.05, 0) is 24.3 Å². The molecule has 23 heavy (non-hydrogen) atoms. The summed E-state index contributed by atoms with van der Waals surface area (Å²) < 4.78 is 10.7. The molecule has 0 aliphatic heterocycles. The molecule has 0 fully saturated rings. The first-order valence-electron chi connectivity index (χ1n) is 6.24. The van der Waals surface area contributed by atoms with Gasteiger partial charge in [-0.2, -0.15) is 0 Å². The molecule has 0 aliphatic carbocycles. The Hall–Kier alpha value is -0.0600. The van der Waals surface area contributed by atoms with Crippen LogP contribution in [0.2, 0.25) is 25.1 Å². The van der Waals surface area contributed by atoms with Crippen LogP contribution in [-0.4, -0.2) is 13.2 Å². The van der Waals surface area contributed by atoms with Crippen LogP contribution in [0.25, 0.3) is 0 Å². The zero-order chi connectivity index (χ0) is 17.1. The summed E-state index contributed by atoms with van der Waals surface area (Å²) in [6, 6.07) is 6.23. The molecule has 0 saturated carbocycles. The largest absolute Gasteiger partial charge is 0.497 e. The highest BCUT2D eigenvalue weighted by molar-refractivity contribution is 6.40. The highest BCUT2D eigenvalue weighted by atomic mass is 35.5. The van der Waals surface area contributed by atoms with E-state index >= 15 is 0 Å². The Labute approximate surface area is 164 Å². The number of rotatable bonds is 5. The van der Waals surface area contributed by atoms with Crippen LogP contribution < -0.4 is 4.74 Å². The third-order valence-corrected chi connectivity index (χ3v) is 4.68. The fourth-order valence-electron chi connectivity index (χ4n) is 2.11. The summed E-state index contributed by atoms with van der Waals surface area (Å²) in [6.07, 6.45) is -0.754. The molecule has 2 nitrogen and oxygen atoms in total. The topological polar surface area (TPSA) is 18.5 Å². The fraction of sp³-hybridized carbons (Fsp3) is 0.200. The molecule has 0 spiro atoms. The summed E-state index contributed by atoms with van der Waals surface area (Å²) in [5.41, 5.74) is 0.966. The van der Waals surface area contributed by atoms with Crippen LogP contribution in [0.4, 0.5) is 0 Å². The van der Waals surface area contributed by atoms with Gasteiger partial charge in [0, 0.05) is 26.2 Å². The Morgan fingerprint density at radius 3 is 1.65 bits per heavy atom. The molecule has 0 N–H and O–H groups in total. The quantitative estimate of drug-likeness (QED) is 0.461. The molecule has 0 aromatic heterocycles. The molecule has 2 aromatic carbocycles. The van der Waals surface area contributed by atoms with Crippen LogP contribution in [-0.2, 0) is 4.74 Å². The zero-order valence-electron chi connectivity index (χ0n) is 11.7. The molecular weight excluding hydrogens is 425 g/mol. The zero-order valence-corrected chi connectivity index (χ0v) is 16.2. The minimum atomic E-state index is -0.754. The second-order valence-corrected chi connectivity index (χ2v) is 6.73. The van der Waals surface area contributed by atoms with Crippen molar-refractivity contribution >= 4 is 69.6 Å². The molecule has 0 amide bonds. The van der Waals surface area contributed by atoms with Gasteiger partial charge in [-0.1, -0.05) is 69.6 Å². The predicted octanol–water partition coefficient (Wildman–Crippen LogP) is 7.26. The van der Waals surface area contributed by atoms with E-state index in [0.717, 1.165) is 0 Å². The molecule has 0 unspecified atom stereocenters. The Bertz CT molecular complexity index is 673. The number of hydrogen-bond donors (Lipinski definition) is 0. The standard InChI is InChI=1S/C15H10Cl6O2/c1-22-8-4-11(20)14(12(21)5-8)15(23-6-16)13-9(18)2-7(17)3-10(13)19/h2-5,15H,6H2,1H3/t15-/m1/s1. The number of alkyl halides is 1. The van der Waals surface area contributed by atoms with E-state index in [4.69, 9.17) is 79.1 Å². The summed E-state index contributed by atoms with van der Waals surface area (Å²) in [5, 5.41) is 1.72.